The standard InChI is InChI=1S/C16H21NO2S/c1-12(2)11-20(18,19)16-10-6-7-13-14(16)8-5-9-15(13)17(3)4/h5-10,12H,11H2,1-4H3. The zero-order chi connectivity index (χ0) is 14.9. The van der Waals surface area contributed by atoms with Crippen molar-refractivity contribution in [1.82, 2.24) is 0 Å². The molecule has 4 heteroatoms. The molecule has 0 atom stereocenters. The molecule has 0 saturated carbocycles. The third kappa shape index (κ3) is 2.80. The topological polar surface area (TPSA) is 37.4 Å². The van der Waals surface area contributed by atoms with Crippen LogP contribution in [-0.4, -0.2) is 28.3 Å². The predicted molar refractivity (Wildman–Crippen MR) is 85.2 cm³/mol. The maximum absolute atomic E-state index is 12.5. The van der Waals surface area contributed by atoms with Crippen LogP contribution in [0.25, 0.3) is 10.8 Å². The van der Waals surface area contributed by atoms with Gasteiger partial charge in [-0.05, 0) is 18.1 Å². The summed E-state index contributed by atoms with van der Waals surface area (Å²) in [4.78, 5) is 2.44. The Morgan fingerprint density at radius 1 is 1.00 bits per heavy atom. The van der Waals surface area contributed by atoms with Crippen molar-refractivity contribution >= 4 is 26.3 Å². The molecule has 0 heterocycles. The van der Waals surface area contributed by atoms with E-state index in [-0.39, 0.29) is 11.7 Å². The van der Waals surface area contributed by atoms with Crippen LogP contribution in [0.5, 0.6) is 0 Å². The molecule has 0 amide bonds. The van der Waals surface area contributed by atoms with E-state index in [0.717, 1.165) is 16.5 Å². The van der Waals surface area contributed by atoms with Crippen LogP contribution in [0.15, 0.2) is 41.3 Å². The van der Waals surface area contributed by atoms with Gasteiger partial charge in [0, 0.05) is 30.6 Å². The summed E-state index contributed by atoms with van der Waals surface area (Å²) in [7, 11) is 0.678. The molecule has 20 heavy (non-hydrogen) atoms. The van der Waals surface area contributed by atoms with Gasteiger partial charge in [0.15, 0.2) is 9.84 Å². The second-order valence-electron chi connectivity index (χ2n) is 5.70. The van der Waals surface area contributed by atoms with E-state index < -0.39 is 9.84 Å². The Kier molecular flexibility index (Phi) is 4.04. The van der Waals surface area contributed by atoms with Crippen molar-refractivity contribution in [2.45, 2.75) is 18.7 Å². The highest BCUT2D eigenvalue weighted by molar-refractivity contribution is 7.91. The molecule has 0 N–H and O–H groups in total. The van der Waals surface area contributed by atoms with Gasteiger partial charge in [0.05, 0.1) is 10.6 Å². The van der Waals surface area contributed by atoms with Crippen LogP contribution in [-0.2, 0) is 9.84 Å². The fraction of sp³-hybridized carbons (Fsp3) is 0.375. The molecule has 2 aromatic carbocycles. The fourth-order valence-electron chi connectivity index (χ4n) is 2.45. The Balaban J connectivity index is 2.71. The van der Waals surface area contributed by atoms with Crippen LogP contribution in [0.3, 0.4) is 0 Å². The molecule has 0 saturated heterocycles. The Morgan fingerprint density at radius 3 is 2.20 bits per heavy atom. The lowest BCUT2D eigenvalue weighted by atomic mass is 10.1. The Labute approximate surface area is 121 Å². The first kappa shape index (κ1) is 14.9. The molecule has 0 fully saturated rings. The molecule has 0 spiro atoms. The maximum atomic E-state index is 12.5. The molecule has 0 unspecified atom stereocenters. The van der Waals surface area contributed by atoms with Crippen molar-refractivity contribution in [2.75, 3.05) is 24.7 Å². The van der Waals surface area contributed by atoms with E-state index in [4.69, 9.17) is 0 Å². The number of hydrogen-bond acceptors (Lipinski definition) is 3. The van der Waals surface area contributed by atoms with Gasteiger partial charge in [0.1, 0.15) is 0 Å². The van der Waals surface area contributed by atoms with E-state index in [1.807, 2.05) is 63.2 Å². The lowest BCUT2D eigenvalue weighted by molar-refractivity contribution is 0.583. The molecular formula is C16H21NO2S. The minimum absolute atomic E-state index is 0.118. The zero-order valence-electron chi connectivity index (χ0n) is 12.4. The highest BCUT2D eigenvalue weighted by Crippen LogP contribution is 2.31. The van der Waals surface area contributed by atoms with Crippen molar-refractivity contribution in [3.63, 3.8) is 0 Å². The van der Waals surface area contributed by atoms with Crippen LogP contribution in [0.2, 0.25) is 0 Å². The third-order valence-corrected chi connectivity index (χ3v) is 5.36. The smallest absolute Gasteiger partial charge is 0.179 e. The molecule has 0 aliphatic heterocycles. The van der Waals surface area contributed by atoms with E-state index in [1.54, 1.807) is 6.07 Å². The van der Waals surface area contributed by atoms with Crippen molar-refractivity contribution in [3.05, 3.63) is 36.4 Å². The summed E-state index contributed by atoms with van der Waals surface area (Å²) in [5.74, 6) is 0.297. The van der Waals surface area contributed by atoms with Crippen molar-refractivity contribution in [2.24, 2.45) is 5.92 Å². The van der Waals surface area contributed by atoms with Crippen LogP contribution in [0.1, 0.15) is 13.8 Å². The van der Waals surface area contributed by atoms with E-state index in [0.29, 0.717) is 4.90 Å². The second-order valence-corrected chi connectivity index (χ2v) is 7.70. The molecule has 0 aromatic heterocycles. The van der Waals surface area contributed by atoms with Crippen LogP contribution < -0.4 is 4.90 Å². The van der Waals surface area contributed by atoms with E-state index in [1.165, 1.54) is 0 Å². The second kappa shape index (κ2) is 5.44. The van der Waals surface area contributed by atoms with E-state index in [2.05, 4.69) is 0 Å². The number of anilines is 1. The molecule has 0 radical (unpaired) electrons. The average Bonchev–Trinajstić information content (AvgIpc) is 2.35. The largest absolute Gasteiger partial charge is 0.377 e. The van der Waals surface area contributed by atoms with Gasteiger partial charge in [0.2, 0.25) is 0 Å². The summed E-state index contributed by atoms with van der Waals surface area (Å²) >= 11 is 0. The summed E-state index contributed by atoms with van der Waals surface area (Å²) in [6.07, 6.45) is 0. The molecule has 3 nitrogen and oxygen atoms in total. The molecule has 2 rings (SSSR count). The first-order chi connectivity index (χ1) is 9.33. The summed E-state index contributed by atoms with van der Waals surface area (Å²) in [5, 5.41) is 1.78. The van der Waals surface area contributed by atoms with E-state index in [9.17, 15) is 8.42 Å². The van der Waals surface area contributed by atoms with Gasteiger partial charge in [-0.15, -0.1) is 0 Å². The minimum Gasteiger partial charge on any atom is -0.377 e. The Bertz CT molecular complexity index is 718. The first-order valence-corrected chi connectivity index (χ1v) is 8.40. The van der Waals surface area contributed by atoms with Crippen LogP contribution >= 0.6 is 0 Å². The summed E-state index contributed by atoms with van der Waals surface area (Å²) in [5.41, 5.74) is 1.03. The average molecular weight is 291 g/mol. The summed E-state index contributed by atoms with van der Waals surface area (Å²) < 4.78 is 25.0. The molecule has 0 aliphatic rings. The van der Waals surface area contributed by atoms with Gasteiger partial charge in [0.25, 0.3) is 0 Å². The molecule has 108 valence electrons. The summed E-state index contributed by atoms with van der Waals surface area (Å²) in [6, 6.07) is 11.3. The Hall–Kier alpha value is -1.55. The molecule has 2 aromatic rings. The van der Waals surface area contributed by atoms with Crippen molar-refractivity contribution in [1.29, 1.82) is 0 Å². The maximum Gasteiger partial charge on any atom is 0.179 e. The number of fused-ring (bicyclic) bond motifs is 1. The van der Waals surface area contributed by atoms with Gasteiger partial charge < -0.3 is 4.90 Å². The van der Waals surface area contributed by atoms with Gasteiger partial charge in [-0.2, -0.15) is 0 Å². The number of sulfone groups is 1. The van der Waals surface area contributed by atoms with Gasteiger partial charge in [-0.3, -0.25) is 0 Å². The fourth-order valence-corrected chi connectivity index (χ4v) is 4.31. The van der Waals surface area contributed by atoms with Crippen molar-refractivity contribution in [3.8, 4) is 0 Å². The zero-order valence-corrected chi connectivity index (χ0v) is 13.2. The number of benzene rings is 2. The quantitative estimate of drug-likeness (QED) is 0.867. The monoisotopic (exact) mass is 291 g/mol. The predicted octanol–water partition coefficient (Wildman–Crippen LogP) is 3.34. The van der Waals surface area contributed by atoms with Gasteiger partial charge >= 0.3 is 0 Å². The number of hydrogen-bond donors (Lipinski definition) is 0. The first-order valence-electron chi connectivity index (χ1n) is 6.75. The van der Waals surface area contributed by atoms with Crippen LogP contribution in [0.4, 0.5) is 5.69 Å². The highest BCUT2D eigenvalue weighted by atomic mass is 32.2. The van der Waals surface area contributed by atoms with Crippen LogP contribution in [0, 0.1) is 5.92 Å². The Morgan fingerprint density at radius 2 is 1.60 bits per heavy atom. The van der Waals surface area contributed by atoms with E-state index >= 15 is 0 Å². The van der Waals surface area contributed by atoms with Gasteiger partial charge in [-0.25, -0.2) is 8.42 Å². The third-order valence-electron chi connectivity index (χ3n) is 3.23. The molecule has 0 bridgehead atoms. The SMILES string of the molecule is CC(C)CS(=O)(=O)c1cccc2c(N(C)C)cccc12. The molecular weight excluding hydrogens is 270 g/mol. The summed E-state index contributed by atoms with van der Waals surface area (Å²) in [6.45, 7) is 3.85. The number of nitrogens with zero attached hydrogens (tertiary/aromatic N) is 1. The van der Waals surface area contributed by atoms with Gasteiger partial charge in [-0.1, -0.05) is 38.1 Å². The molecule has 0 aliphatic carbocycles. The van der Waals surface area contributed by atoms with Crippen molar-refractivity contribution < 1.29 is 8.42 Å². The minimum atomic E-state index is -3.25. The normalized spacial score (nSPS) is 12.1. The lowest BCUT2D eigenvalue weighted by Gasteiger charge is -2.17. The highest BCUT2D eigenvalue weighted by Gasteiger charge is 2.19. The number of rotatable bonds is 4. The lowest BCUT2D eigenvalue weighted by Crippen LogP contribution is -2.13.